The molecule has 30 heavy (non-hydrogen) atoms. The van der Waals surface area contributed by atoms with Crippen molar-refractivity contribution in [1.29, 1.82) is 0 Å². The quantitative estimate of drug-likeness (QED) is 0.499. The molecule has 0 radical (unpaired) electrons. The Labute approximate surface area is 175 Å². The maximum Gasteiger partial charge on any atom is 0.366 e. The maximum atomic E-state index is 13.1. The summed E-state index contributed by atoms with van der Waals surface area (Å²) in [6, 6.07) is 12.8. The van der Waals surface area contributed by atoms with Crippen LogP contribution in [0.25, 0.3) is 10.8 Å². The zero-order chi connectivity index (χ0) is 21.3. The first-order chi connectivity index (χ1) is 14.5. The van der Waals surface area contributed by atoms with E-state index in [0.29, 0.717) is 25.2 Å². The fourth-order valence-corrected chi connectivity index (χ4v) is 4.32. The molecule has 0 aliphatic carbocycles. The molecule has 1 aromatic heterocycles. The lowest BCUT2D eigenvalue weighted by molar-refractivity contribution is -0.381. The van der Waals surface area contributed by atoms with Crippen molar-refractivity contribution in [3.05, 3.63) is 63.5 Å². The van der Waals surface area contributed by atoms with E-state index < -0.39 is 16.9 Å². The van der Waals surface area contributed by atoms with Gasteiger partial charge in [-0.3, -0.25) is 14.9 Å². The summed E-state index contributed by atoms with van der Waals surface area (Å²) in [5, 5.41) is 19.7. The topological polar surface area (TPSA) is 105 Å². The Bertz CT molecular complexity index is 1140. The number of urea groups is 1. The first kappa shape index (κ1) is 19.6. The molecule has 0 spiro atoms. The molecule has 1 fully saturated rings. The van der Waals surface area contributed by atoms with Gasteiger partial charge in [0.05, 0.1) is 17.7 Å². The second-order valence-electron chi connectivity index (χ2n) is 6.61. The van der Waals surface area contributed by atoms with Crippen molar-refractivity contribution < 1.29 is 19.2 Å². The van der Waals surface area contributed by atoms with Crippen molar-refractivity contribution in [2.75, 3.05) is 25.5 Å². The maximum absolute atomic E-state index is 13.1. The molecule has 0 atom stereocenters. The van der Waals surface area contributed by atoms with Gasteiger partial charge in [-0.1, -0.05) is 47.7 Å². The largest absolute Gasteiger partial charge is 0.489 e. The number of nitrogens with zero attached hydrogens (tertiary/aromatic N) is 3. The molecule has 1 aliphatic heterocycles. The molecule has 1 aliphatic rings. The molecule has 9 nitrogen and oxygen atoms in total. The van der Waals surface area contributed by atoms with Gasteiger partial charge in [-0.05, 0) is 17.9 Å². The number of hydrogen-bond acceptors (Lipinski definition) is 6. The SMILES string of the molecule is COc1c(C(=O)N2CCCN2C(=O)Nc2cccc3ccccc23)csc1[N+](=O)[O-]. The van der Waals surface area contributed by atoms with Crippen LogP contribution in [0.3, 0.4) is 0 Å². The van der Waals surface area contributed by atoms with Gasteiger partial charge in [0, 0.05) is 23.9 Å². The molecule has 3 amide bonds. The summed E-state index contributed by atoms with van der Waals surface area (Å²) < 4.78 is 5.10. The van der Waals surface area contributed by atoms with Crippen LogP contribution in [0.15, 0.2) is 47.8 Å². The van der Waals surface area contributed by atoms with E-state index in [-0.39, 0.29) is 16.3 Å². The molecule has 10 heteroatoms. The number of methoxy groups -OCH3 is 1. The van der Waals surface area contributed by atoms with Crippen molar-refractivity contribution in [1.82, 2.24) is 10.0 Å². The fourth-order valence-electron chi connectivity index (χ4n) is 3.49. The number of nitrogens with one attached hydrogen (secondary N) is 1. The summed E-state index contributed by atoms with van der Waals surface area (Å²) in [4.78, 5) is 36.6. The van der Waals surface area contributed by atoms with Gasteiger partial charge in [-0.15, -0.1) is 0 Å². The van der Waals surface area contributed by atoms with Gasteiger partial charge in [-0.25, -0.2) is 14.8 Å². The van der Waals surface area contributed by atoms with Crippen LogP contribution < -0.4 is 10.1 Å². The predicted molar refractivity (Wildman–Crippen MR) is 113 cm³/mol. The average Bonchev–Trinajstić information content (AvgIpc) is 3.40. The second kappa shape index (κ2) is 7.99. The van der Waals surface area contributed by atoms with Crippen LogP contribution in [0.1, 0.15) is 16.8 Å². The van der Waals surface area contributed by atoms with Crippen molar-refractivity contribution in [2.24, 2.45) is 0 Å². The number of nitro groups is 1. The number of amides is 3. The molecule has 2 heterocycles. The van der Waals surface area contributed by atoms with Crippen LogP contribution in [0.4, 0.5) is 15.5 Å². The highest BCUT2D eigenvalue weighted by molar-refractivity contribution is 7.14. The summed E-state index contributed by atoms with van der Waals surface area (Å²) >= 11 is 0.819. The summed E-state index contributed by atoms with van der Waals surface area (Å²) in [5.74, 6) is -0.599. The Kier molecular flexibility index (Phi) is 5.23. The highest BCUT2D eigenvalue weighted by Gasteiger charge is 2.35. The normalized spacial score (nSPS) is 13.5. The number of carbonyl (C=O) groups is 2. The third-order valence-corrected chi connectivity index (χ3v) is 5.77. The standard InChI is InChI=1S/C20H18N4O5S/c1-29-17-15(12-30-19(17)24(27)28)18(25)22-10-5-11-23(22)20(26)21-16-9-4-7-13-6-2-3-8-14(13)16/h2-4,6-9,12H,5,10-11H2,1H3,(H,21,26). The predicted octanol–water partition coefficient (Wildman–Crippen LogP) is 4.11. The number of hydrazine groups is 1. The highest BCUT2D eigenvalue weighted by Crippen LogP contribution is 2.38. The Morgan fingerprint density at radius 2 is 1.87 bits per heavy atom. The molecule has 0 saturated carbocycles. The van der Waals surface area contributed by atoms with Crippen LogP contribution in [0.2, 0.25) is 0 Å². The van der Waals surface area contributed by atoms with Crippen molar-refractivity contribution in [3.8, 4) is 5.75 Å². The van der Waals surface area contributed by atoms with E-state index in [2.05, 4.69) is 5.32 Å². The smallest absolute Gasteiger partial charge is 0.366 e. The Morgan fingerprint density at radius 1 is 1.13 bits per heavy atom. The van der Waals surface area contributed by atoms with E-state index in [1.165, 1.54) is 22.5 Å². The van der Waals surface area contributed by atoms with Gasteiger partial charge >= 0.3 is 11.0 Å². The number of rotatable bonds is 4. The lowest BCUT2D eigenvalue weighted by Gasteiger charge is -2.28. The third-order valence-electron chi connectivity index (χ3n) is 4.86. The van der Waals surface area contributed by atoms with Gasteiger partial charge < -0.3 is 10.1 Å². The number of anilines is 1. The van der Waals surface area contributed by atoms with Gasteiger partial charge in [-0.2, -0.15) is 0 Å². The lowest BCUT2D eigenvalue weighted by Crippen LogP contribution is -2.46. The third kappa shape index (κ3) is 3.41. The number of thiophene rings is 1. The van der Waals surface area contributed by atoms with E-state index in [9.17, 15) is 19.7 Å². The van der Waals surface area contributed by atoms with Crippen molar-refractivity contribution in [3.63, 3.8) is 0 Å². The number of carbonyl (C=O) groups excluding carboxylic acids is 2. The Balaban J connectivity index is 1.58. The van der Waals surface area contributed by atoms with Crippen LogP contribution in [0.5, 0.6) is 5.75 Å². The number of ether oxygens (including phenoxy) is 1. The zero-order valence-electron chi connectivity index (χ0n) is 16.0. The minimum atomic E-state index is -0.588. The van der Waals surface area contributed by atoms with Crippen LogP contribution in [-0.2, 0) is 0 Å². The fraction of sp³-hybridized carbons (Fsp3) is 0.200. The monoisotopic (exact) mass is 426 g/mol. The van der Waals surface area contributed by atoms with E-state index >= 15 is 0 Å². The van der Waals surface area contributed by atoms with Gasteiger partial charge in [0.15, 0.2) is 0 Å². The highest BCUT2D eigenvalue weighted by atomic mass is 32.1. The number of benzene rings is 2. The Morgan fingerprint density at radius 3 is 2.63 bits per heavy atom. The van der Waals surface area contributed by atoms with Crippen LogP contribution in [0, 0.1) is 10.1 Å². The van der Waals surface area contributed by atoms with Crippen molar-refractivity contribution >= 4 is 44.7 Å². The van der Waals surface area contributed by atoms with E-state index in [1.807, 2.05) is 36.4 Å². The summed E-state index contributed by atoms with van der Waals surface area (Å²) in [5.41, 5.74) is 0.709. The number of fused-ring (bicyclic) bond motifs is 1. The minimum absolute atomic E-state index is 0.0686. The molecule has 4 rings (SSSR count). The first-order valence-electron chi connectivity index (χ1n) is 9.19. The molecule has 0 bridgehead atoms. The van der Waals surface area contributed by atoms with Gasteiger partial charge in [0.2, 0.25) is 5.75 Å². The van der Waals surface area contributed by atoms with Crippen LogP contribution >= 0.6 is 11.3 Å². The van der Waals surface area contributed by atoms with E-state index in [0.717, 1.165) is 22.1 Å². The first-order valence-corrected chi connectivity index (χ1v) is 10.1. The Hall–Kier alpha value is -3.66. The zero-order valence-corrected chi connectivity index (χ0v) is 16.8. The van der Waals surface area contributed by atoms with Crippen molar-refractivity contribution in [2.45, 2.75) is 6.42 Å². The summed E-state index contributed by atoms with van der Waals surface area (Å²) in [6.45, 7) is 0.686. The molecule has 1 saturated heterocycles. The molecule has 3 aromatic rings. The molecular weight excluding hydrogens is 408 g/mol. The molecule has 2 aromatic carbocycles. The van der Waals surface area contributed by atoms with Gasteiger partial charge in [0.25, 0.3) is 5.91 Å². The van der Waals surface area contributed by atoms with Gasteiger partial charge in [0.1, 0.15) is 5.56 Å². The number of hydrogen-bond donors (Lipinski definition) is 1. The average molecular weight is 426 g/mol. The van der Waals surface area contributed by atoms with E-state index in [4.69, 9.17) is 4.74 Å². The lowest BCUT2D eigenvalue weighted by atomic mass is 10.1. The van der Waals surface area contributed by atoms with E-state index in [1.54, 1.807) is 6.07 Å². The molecule has 0 unspecified atom stereocenters. The molecular formula is C20H18N4O5S. The second-order valence-corrected chi connectivity index (χ2v) is 7.46. The van der Waals surface area contributed by atoms with Crippen LogP contribution in [-0.4, -0.2) is 47.1 Å². The molecule has 154 valence electrons. The summed E-state index contributed by atoms with van der Waals surface area (Å²) in [7, 11) is 1.28. The molecule has 1 N–H and O–H groups in total. The minimum Gasteiger partial charge on any atom is -0.489 e. The summed E-state index contributed by atoms with van der Waals surface area (Å²) in [6.07, 6.45) is 0.600.